The molecule has 3 amide bonds. The lowest BCUT2D eigenvalue weighted by atomic mass is 10.1. The minimum Gasteiger partial charge on any atom is -0.366 e. The summed E-state index contributed by atoms with van der Waals surface area (Å²) in [5.41, 5.74) is 7.34. The highest BCUT2D eigenvalue weighted by Gasteiger charge is 2.33. The molecule has 0 bridgehead atoms. The summed E-state index contributed by atoms with van der Waals surface area (Å²) in [4.78, 5) is 41.8. The largest absolute Gasteiger partial charge is 0.366 e. The topological polar surface area (TPSA) is 114 Å². The first-order valence-electron chi connectivity index (χ1n) is 9.18. The number of amides is 3. The third-order valence-electron chi connectivity index (χ3n) is 4.80. The van der Waals surface area contributed by atoms with Crippen molar-refractivity contribution in [2.75, 3.05) is 10.6 Å². The van der Waals surface area contributed by atoms with Gasteiger partial charge in [-0.15, -0.1) is 11.3 Å². The average Bonchev–Trinajstić information content (AvgIpc) is 3.29. The van der Waals surface area contributed by atoms with Crippen molar-refractivity contribution in [1.29, 1.82) is 0 Å². The summed E-state index contributed by atoms with van der Waals surface area (Å²) >= 11 is 7.23. The Bertz CT molecular complexity index is 1130. The van der Waals surface area contributed by atoms with Gasteiger partial charge in [-0.3, -0.25) is 19.7 Å². The predicted molar refractivity (Wildman–Crippen MR) is 116 cm³/mol. The van der Waals surface area contributed by atoms with Gasteiger partial charge in [-0.2, -0.15) is 0 Å². The molecule has 152 valence electrons. The van der Waals surface area contributed by atoms with Crippen molar-refractivity contribution in [2.45, 2.75) is 18.8 Å². The number of nitrogens with one attached hydrogen (secondary N) is 2. The number of benzene rings is 2. The molecule has 3 aromatic rings. The lowest BCUT2D eigenvalue weighted by Crippen LogP contribution is -2.20. The highest BCUT2D eigenvalue weighted by molar-refractivity contribution is 7.16. The van der Waals surface area contributed by atoms with Gasteiger partial charge in [0, 0.05) is 26.7 Å². The van der Waals surface area contributed by atoms with Crippen LogP contribution < -0.4 is 16.4 Å². The monoisotopic (exact) mass is 440 g/mol. The van der Waals surface area contributed by atoms with E-state index in [9.17, 15) is 14.4 Å². The second-order valence-electron chi connectivity index (χ2n) is 6.81. The first-order valence-corrected chi connectivity index (χ1v) is 10.4. The number of nitrogens with zero attached hydrogens (tertiary/aromatic N) is 1. The molecule has 9 heteroatoms. The quantitative estimate of drug-likeness (QED) is 0.559. The molecule has 2 aromatic carbocycles. The molecular weight excluding hydrogens is 424 g/mol. The number of anilines is 2. The zero-order valence-corrected chi connectivity index (χ0v) is 17.2. The molecule has 0 fully saturated rings. The maximum absolute atomic E-state index is 12.7. The molecule has 4 rings (SSSR count). The first-order chi connectivity index (χ1) is 14.4. The van der Waals surface area contributed by atoms with Gasteiger partial charge >= 0.3 is 0 Å². The number of aromatic nitrogens is 1. The Balaban J connectivity index is 1.44. The fourth-order valence-electron chi connectivity index (χ4n) is 3.25. The second kappa shape index (κ2) is 8.25. The Labute approximate surface area is 181 Å². The fraction of sp³-hybridized carbons (Fsp3) is 0.143. The van der Waals surface area contributed by atoms with Crippen LogP contribution in [-0.4, -0.2) is 22.7 Å². The number of thiazole rings is 1. The molecule has 1 heterocycles. The molecule has 0 saturated heterocycles. The number of rotatable bonds is 5. The maximum Gasteiger partial charge on any atom is 0.257 e. The molecule has 1 aromatic heterocycles. The lowest BCUT2D eigenvalue weighted by Gasteiger charge is -2.11. The van der Waals surface area contributed by atoms with E-state index in [2.05, 4.69) is 15.6 Å². The predicted octanol–water partition coefficient (Wildman–Crippen LogP) is 3.82. The Hall–Kier alpha value is -3.23. The minimum atomic E-state index is -0.524. The summed E-state index contributed by atoms with van der Waals surface area (Å²) in [6.07, 6.45) is 1.38. The van der Waals surface area contributed by atoms with Crippen LogP contribution in [0.5, 0.6) is 0 Å². The number of hydrogen-bond donors (Lipinski definition) is 3. The molecular formula is C21H17ClN4O3S. The van der Waals surface area contributed by atoms with Crippen molar-refractivity contribution in [1.82, 2.24) is 4.98 Å². The van der Waals surface area contributed by atoms with Crippen LogP contribution in [-0.2, 0) is 11.2 Å². The van der Waals surface area contributed by atoms with Crippen LogP contribution in [0, 0.1) is 0 Å². The zero-order chi connectivity index (χ0) is 21.3. The van der Waals surface area contributed by atoms with E-state index < -0.39 is 11.8 Å². The molecule has 4 N–H and O–H groups in total. The first kappa shape index (κ1) is 20.1. The number of nitrogens with two attached hydrogens (primary N) is 1. The number of fused-ring (bicyclic) bond motifs is 1. The average molecular weight is 441 g/mol. The summed E-state index contributed by atoms with van der Waals surface area (Å²) < 4.78 is 0. The van der Waals surface area contributed by atoms with Gasteiger partial charge in [-0.1, -0.05) is 11.6 Å². The van der Waals surface area contributed by atoms with Gasteiger partial charge in [-0.05, 0) is 61.4 Å². The van der Waals surface area contributed by atoms with Crippen LogP contribution in [0.15, 0.2) is 48.5 Å². The summed E-state index contributed by atoms with van der Waals surface area (Å²) in [5, 5.41) is 6.64. The van der Waals surface area contributed by atoms with Crippen LogP contribution in [0.2, 0.25) is 5.02 Å². The van der Waals surface area contributed by atoms with Crippen molar-refractivity contribution >= 4 is 51.5 Å². The SMILES string of the molecule is NC(=O)c1ccc(NC(=O)C2CCc3sc(NC(=O)c4ccc(Cl)cc4)nc32)cc1. The van der Waals surface area contributed by atoms with E-state index in [1.165, 1.54) is 11.3 Å². The normalized spacial score (nSPS) is 14.8. The number of hydrogen-bond acceptors (Lipinski definition) is 5. The number of carbonyl (C=O) groups is 3. The van der Waals surface area contributed by atoms with Crippen LogP contribution in [0.4, 0.5) is 10.8 Å². The van der Waals surface area contributed by atoms with Gasteiger partial charge in [0.2, 0.25) is 11.8 Å². The molecule has 0 spiro atoms. The summed E-state index contributed by atoms with van der Waals surface area (Å²) in [6.45, 7) is 0. The van der Waals surface area contributed by atoms with E-state index in [1.54, 1.807) is 48.5 Å². The maximum atomic E-state index is 12.7. The molecule has 1 aliphatic carbocycles. The Kier molecular flexibility index (Phi) is 5.52. The van der Waals surface area contributed by atoms with E-state index >= 15 is 0 Å². The molecule has 7 nitrogen and oxygen atoms in total. The number of primary amides is 1. The number of halogens is 1. The van der Waals surface area contributed by atoms with Gasteiger partial charge in [0.1, 0.15) is 0 Å². The zero-order valence-electron chi connectivity index (χ0n) is 15.6. The second-order valence-corrected chi connectivity index (χ2v) is 8.33. The van der Waals surface area contributed by atoms with Crippen LogP contribution in [0.25, 0.3) is 0 Å². The van der Waals surface area contributed by atoms with Crippen molar-refractivity contribution < 1.29 is 14.4 Å². The van der Waals surface area contributed by atoms with Gasteiger partial charge < -0.3 is 11.1 Å². The van der Waals surface area contributed by atoms with Crippen LogP contribution in [0.1, 0.15) is 43.6 Å². The van der Waals surface area contributed by atoms with E-state index in [4.69, 9.17) is 17.3 Å². The smallest absolute Gasteiger partial charge is 0.257 e. The Morgan fingerprint density at radius 3 is 2.33 bits per heavy atom. The summed E-state index contributed by atoms with van der Waals surface area (Å²) in [5.74, 6) is -1.38. The number of carbonyl (C=O) groups excluding carboxylic acids is 3. The highest BCUT2D eigenvalue weighted by atomic mass is 35.5. The van der Waals surface area contributed by atoms with Crippen molar-refractivity contribution in [3.8, 4) is 0 Å². The van der Waals surface area contributed by atoms with E-state index in [-0.39, 0.29) is 11.8 Å². The van der Waals surface area contributed by atoms with Gasteiger partial charge in [-0.25, -0.2) is 4.98 Å². The minimum absolute atomic E-state index is 0.179. The van der Waals surface area contributed by atoms with Crippen molar-refractivity contribution in [3.05, 3.63) is 75.3 Å². The van der Waals surface area contributed by atoms with Crippen molar-refractivity contribution in [2.24, 2.45) is 5.73 Å². The molecule has 0 aliphatic heterocycles. The number of aryl methyl sites for hydroxylation is 1. The highest BCUT2D eigenvalue weighted by Crippen LogP contribution is 2.39. The molecule has 1 unspecified atom stereocenters. The third-order valence-corrected chi connectivity index (χ3v) is 6.10. The molecule has 30 heavy (non-hydrogen) atoms. The van der Waals surface area contributed by atoms with E-state index in [0.717, 1.165) is 11.3 Å². The van der Waals surface area contributed by atoms with Gasteiger partial charge in [0.15, 0.2) is 5.13 Å². The molecule has 0 radical (unpaired) electrons. The molecule has 0 saturated carbocycles. The van der Waals surface area contributed by atoms with Gasteiger partial charge in [0.25, 0.3) is 5.91 Å². The van der Waals surface area contributed by atoms with Crippen molar-refractivity contribution in [3.63, 3.8) is 0 Å². The summed E-state index contributed by atoms with van der Waals surface area (Å²) in [6, 6.07) is 13.0. The van der Waals surface area contributed by atoms with Crippen LogP contribution in [0.3, 0.4) is 0 Å². The van der Waals surface area contributed by atoms with E-state index in [1.807, 2.05) is 0 Å². The molecule has 1 atom stereocenters. The molecule has 1 aliphatic rings. The van der Waals surface area contributed by atoms with Crippen LogP contribution >= 0.6 is 22.9 Å². The van der Waals surface area contributed by atoms with E-state index in [0.29, 0.717) is 39.1 Å². The summed E-state index contributed by atoms with van der Waals surface area (Å²) in [7, 11) is 0. The third kappa shape index (κ3) is 4.19. The standard InChI is InChI=1S/C21H17ClN4O3S/c22-13-5-1-12(2-6-13)19(28)26-21-25-17-15(9-10-16(17)30-21)20(29)24-14-7-3-11(4-8-14)18(23)27/h1-8,15H,9-10H2,(H2,23,27)(H,24,29)(H,25,26,28). The Morgan fingerprint density at radius 2 is 1.67 bits per heavy atom. The Morgan fingerprint density at radius 1 is 1.00 bits per heavy atom. The van der Waals surface area contributed by atoms with Gasteiger partial charge in [0.05, 0.1) is 11.6 Å². The fourth-order valence-corrected chi connectivity index (χ4v) is 4.41. The lowest BCUT2D eigenvalue weighted by molar-refractivity contribution is -0.117.